The van der Waals surface area contributed by atoms with Crippen LogP contribution in [0, 0.1) is 0 Å². The minimum absolute atomic E-state index is 0.0621. The van der Waals surface area contributed by atoms with Gasteiger partial charge in [0, 0.05) is 0 Å². The number of ether oxygens (including phenoxy) is 1. The number of esters is 1. The Morgan fingerprint density at radius 2 is 2.07 bits per heavy atom. The van der Waals surface area contributed by atoms with E-state index in [0.717, 1.165) is 5.56 Å². The van der Waals surface area contributed by atoms with Crippen LogP contribution in [0.15, 0.2) is 30.3 Å². The van der Waals surface area contributed by atoms with Crippen LogP contribution in [0.3, 0.4) is 0 Å². The predicted octanol–water partition coefficient (Wildman–Crippen LogP) is 1.43. The Labute approximate surface area is 82.3 Å². The van der Waals surface area contributed by atoms with Crippen molar-refractivity contribution in [1.29, 1.82) is 0 Å². The predicted molar refractivity (Wildman–Crippen MR) is 50.5 cm³/mol. The molecule has 0 aromatic heterocycles. The van der Waals surface area contributed by atoms with E-state index in [2.05, 4.69) is 0 Å². The van der Waals surface area contributed by atoms with Gasteiger partial charge in [-0.05, 0) is 12.5 Å². The molecule has 1 aliphatic heterocycles. The van der Waals surface area contributed by atoms with E-state index in [1.165, 1.54) is 0 Å². The summed E-state index contributed by atoms with van der Waals surface area (Å²) in [5.41, 5.74) is -0.248. The third-order valence-corrected chi connectivity index (χ3v) is 2.42. The molecule has 0 saturated carbocycles. The summed E-state index contributed by atoms with van der Waals surface area (Å²) in [5, 5.41) is 9.93. The lowest BCUT2D eigenvalue weighted by Crippen LogP contribution is -2.27. The van der Waals surface area contributed by atoms with Crippen LogP contribution < -0.4 is 0 Å². The lowest BCUT2D eigenvalue weighted by atomic mass is 9.92. The molecule has 74 valence electrons. The Hall–Kier alpha value is -1.35. The molecule has 0 unspecified atom stereocenters. The van der Waals surface area contributed by atoms with Gasteiger partial charge in [0.25, 0.3) is 0 Å². The van der Waals surface area contributed by atoms with E-state index in [1.807, 2.05) is 30.3 Å². The van der Waals surface area contributed by atoms with E-state index in [1.54, 1.807) is 6.92 Å². The smallest absolute Gasteiger partial charge is 0.309 e. The number of aliphatic hydroxyl groups is 1. The fourth-order valence-corrected chi connectivity index (χ4v) is 1.74. The normalized spacial score (nSPS) is 31.6. The zero-order valence-electron chi connectivity index (χ0n) is 7.93. The molecule has 1 fully saturated rings. The maximum Gasteiger partial charge on any atom is 0.309 e. The molecular formula is C11H12O3. The molecule has 1 aromatic carbocycles. The van der Waals surface area contributed by atoms with Gasteiger partial charge in [0.1, 0.15) is 5.60 Å². The molecule has 14 heavy (non-hydrogen) atoms. The fraction of sp³-hybridized carbons (Fsp3) is 0.364. The van der Waals surface area contributed by atoms with Gasteiger partial charge in [-0.2, -0.15) is 0 Å². The van der Waals surface area contributed by atoms with Gasteiger partial charge in [-0.15, -0.1) is 0 Å². The topological polar surface area (TPSA) is 46.5 Å². The Morgan fingerprint density at radius 3 is 2.57 bits per heavy atom. The molecule has 0 spiro atoms. The highest BCUT2D eigenvalue weighted by Gasteiger charge is 2.44. The molecule has 1 heterocycles. The quantitative estimate of drug-likeness (QED) is 0.684. The number of carbonyl (C=O) groups excluding carboxylic acids is 1. The minimum atomic E-state index is -1.08. The second kappa shape index (κ2) is 3.10. The average Bonchev–Trinajstić information content (AvgIpc) is 2.41. The van der Waals surface area contributed by atoms with Crippen LogP contribution in [0.5, 0.6) is 0 Å². The molecule has 1 aromatic rings. The Morgan fingerprint density at radius 1 is 1.43 bits per heavy atom. The Balaban J connectivity index is 2.32. The van der Waals surface area contributed by atoms with Crippen LogP contribution >= 0.6 is 0 Å². The summed E-state index contributed by atoms with van der Waals surface area (Å²) in [7, 11) is 0. The highest BCUT2D eigenvalue weighted by atomic mass is 16.6. The lowest BCUT2D eigenvalue weighted by molar-refractivity contribution is -0.142. The number of carbonyl (C=O) groups is 1. The highest BCUT2D eigenvalue weighted by molar-refractivity contribution is 5.74. The summed E-state index contributed by atoms with van der Waals surface area (Å²) in [6, 6.07) is 9.29. The van der Waals surface area contributed by atoms with Crippen LogP contribution in [0.1, 0.15) is 25.0 Å². The van der Waals surface area contributed by atoms with Crippen molar-refractivity contribution in [2.45, 2.75) is 25.0 Å². The second-order valence-corrected chi connectivity index (χ2v) is 3.81. The van der Waals surface area contributed by atoms with Crippen molar-refractivity contribution in [2.24, 2.45) is 0 Å². The van der Waals surface area contributed by atoms with Crippen LogP contribution in [0.2, 0.25) is 0 Å². The van der Waals surface area contributed by atoms with E-state index in [4.69, 9.17) is 4.74 Å². The summed E-state index contributed by atoms with van der Waals surface area (Å²) in [5.74, 6) is -0.344. The third-order valence-electron chi connectivity index (χ3n) is 2.42. The molecule has 3 nitrogen and oxygen atoms in total. The fourth-order valence-electron chi connectivity index (χ4n) is 1.74. The number of benzene rings is 1. The first-order chi connectivity index (χ1) is 6.59. The number of hydrogen-bond acceptors (Lipinski definition) is 3. The zero-order chi connectivity index (χ0) is 10.2. The third kappa shape index (κ3) is 1.51. The summed E-state index contributed by atoms with van der Waals surface area (Å²) in [6.07, 6.45) is -0.469. The number of cyclic esters (lactones) is 1. The van der Waals surface area contributed by atoms with Gasteiger partial charge in [-0.3, -0.25) is 4.79 Å². The van der Waals surface area contributed by atoms with Gasteiger partial charge in [-0.25, -0.2) is 0 Å². The molecule has 2 atom stereocenters. The number of hydrogen-bond donors (Lipinski definition) is 1. The van der Waals surface area contributed by atoms with Gasteiger partial charge in [0.05, 0.1) is 6.42 Å². The van der Waals surface area contributed by atoms with Crippen molar-refractivity contribution in [2.75, 3.05) is 0 Å². The van der Waals surface area contributed by atoms with E-state index in [9.17, 15) is 9.90 Å². The van der Waals surface area contributed by atoms with Gasteiger partial charge < -0.3 is 9.84 Å². The maximum atomic E-state index is 11.1. The van der Waals surface area contributed by atoms with Crippen molar-refractivity contribution >= 4 is 5.97 Å². The molecule has 0 amide bonds. The molecule has 2 rings (SSSR count). The average molecular weight is 192 g/mol. The molecule has 1 N–H and O–H groups in total. The van der Waals surface area contributed by atoms with Gasteiger partial charge in [0.15, 0.2) is 6.10 Å². The monoisotopic (exact) mass is 192 g/mol. The first kappa shape index (κ1) is 9.21. The lowest BCUT2D eigenvalue weighted by Gasteiger charge is -2.22. The first-order valence-corrected chi connectivity index (χ1v) is 4.56. The summed E-state index contributed by atoms with van der Waals surface area (Å²) < 4.78 is 5.07. The van der Waals surface area contributed by atoms with Gasteiger partial charge in [-0.1, -0.05) is 30.3 Å². The van der Waals surface area contributed by atoms with Crippen molar-refractivity contribution in [3.63, 3.8) is 0 Å². The zero-order valence-corrected chi connectivity index (χ0v) is 7.93. The highest BCUT2D eigenvalue weighted by Crippen LogP contribution is 2.38. The molecule has 0 aliphatic carbocycles. The summed E-state index contributed by atoms with van der Waals surface area (Å²) in [6.45, 7) is 1.62. The molecule has 3 heteroatoms. The number of rotatable bonds is 1. The van der Waals surface area contributed by atoms with Crippen molar-refractivity contribution in [3.05, 3.63) is 35.9 Å². The van der Waals surface area contributed by atoms with Crippen molar-refractivity contribution < 1.29 is 14.6 Å². The molecular weight excluding hydrogens is 180 g/mol. The standard InChI is InChI=1S/C11H12O3/c1-11(13)7-9(12)14-10(11)8-5-3-2-4-6-8/h2-6,10,13H,7H2,1H3/t10-,11-/m1/s1. The SMILES string of the molecule is C[C@@]1(O)CC(=O)O[C@@H]1c1ccccc1. The van der Waals surface area contributed by atoms with Crippen LogP contribution in [0.4, 0.5) is 0 Å². The largest absolute Gasteiger partial charge is 0.454 e. The molecule has 0 bridgehead atoms. The summed E-state index contributed by atoms with van der Waals surface area (Å²) >= 11 is 0. The molecule has 1 saturated heterocycles. The van der Waals surface area contributed by atoms with Crippen LogP contribution in [-0.2, 0) is 9.53 Å². The molecule has 1 aliphatic rings. The van der Waals surface area contributed by atoms with Crippen molar-refractivity contribution in [1.82, 2.24) is 0 Å². The second-order valence-electron chi connectivity index (χ2n) is 3.81. The summed E-state index contributed by atoms with van der Waals surface area (Å²) in [4.78, 5) is 11.1. The maximum absolute atomic E-state index is 11.1. The minimum Gasteiger partial charge on any atom is -0.454 e. The van der Waals surface area contributed by atoms with Gasteiger partial charge in [0.2, 0.25) is 0 Å². The van der Waals surface area contributed by atoms with Crippen LogP contribution in [0.25, 0.3) is 0 Å². The Kier molecular flexibility index (Phi) is 2.04. The van der Waals surface area contributed by atoms with E-state index in [-0.39, 0.29) is 12.4 Å². The van der Waals surface area contributed by atoms with E-state index < -0.39 is 11.7 Å². The van der Waals surface area contributed by atoms with Crippen LogP contribution in [-0.4, -0.2) is 16.7 Å². The van der Waals surface area contributed by atoms with Crippen molar-refractivity contribution in [3.8, 4) is 0 Å². The first-order valence-electron chi connectivity index (χ1n) is 4.56. The van der Waals surface area contributed by atoms with Gasteiger partial charge >= 0.3 is 5.97 Å². The van der Waals surface area contributed by atoms with E-state index in [0.29, 0.717) is 0 Å². The molecule has 0 radical (unpaired) electrons. The Bertz CT molecular complexity index is 343. The van der Waals surface area contributed by atoms with E-state index >= 15 is 0 Å².